The van der Waals surface area contributed by atoms with Crippen LogP contribution in [-0.4, -0.2) is 91.4 Å². The smallest absolute Gasteiger partial charge is 0.409 e. The number of carbonyl (C=O) groups excluding carboxylic acids is 2. The lowest BCUT2D eigenvalue weighted by Crippen LogP contribution is -2.49. The highest BCUT2D eigenvalue weighted by Crippen LogP contribution is 2.39. The number of amides is 3. The van der Waals surface area contributed by atoms with Crippen molar-refractivity contribution in [3.05, 3.63) is 48.3 Å². The molecule has 2 heterocycles. The summed E-state index contributed by atoms with van der Waals surface area (Å²) in [6, 6.07) is 8.79. The number of pyridine rings is 1. The lowest BCUT2D eigenvalue weighted by Gasteiger charge is -2.33. The number of hydrogen-bond donors (Lipinski definition) is 3. The van der Waals surface area contributed by atoms with Gasteiger partial charge in [-0.1, -0.05) is 33.8 Å². The van der Waals surface area contributed by atoms with E-state index in [1.165, 1.54) is 4.90 Å². The fourth-order valence-electron chi connectivity index (χ4n) is 6.47. The molecule has 0 spiro atoms. The molecule has 6 atom stereocenters. The number of methoxy groups -OCH3 is 2. The van der Waals surface area contributed by atoms with E-state index in [1.54, 1.807) is 59.5 Å². The van der Waals surface area contributed by atoms with E-state index >= 15 is 0 Å². The van der Waals surface area contributed by atoms with Crippen LogP contribution >= 0.6 is 0 Å². The maximum absolute atomic E-state index is 13.7. The molecule has 1 aliphatic rings. The summed E-state index contributed by atoms with van der Waals surface area (Å²) >= 11 is 0. The summed E-state index contributed by atoms with van der Waals surface area (Å²) in [7, 11) is 3.26. The van der Waals surface area contributed by atoms with Gasteiger partial charge < -0.3 is 39.8 Å². The predicted octanol–water partition coefficient (Wildman–Crippen LogP) is 5.54. The molecular weight excluding hydrogens is 668 g/mol. The fourth-order valence-corrected chi connectivity index (χ4v) is 6.47. The van der Waals surface area contributed by atoms with Gasteiger partial charge in [0.15, 0.2) is 17.7 Å². The van der Waals surface area contributed by atoms with E-state index in [0.717, 1.165) is 12.0 Å². The number of primary amides is 1. The van der Waals surface area contributed by atoms with Crippen molar-refractivity contribution < 1.29 is 43.2 Å². The Bertz CT molecular complexity index is 1440. The zero-order valence-corrected chi connectivity index (χ0v) is 32.3. The van der Waals surface area contributed by atoms with Crippen molar-refractivity contribution in [2.45, 2.75) is 98.6 Å². The molecule has 13 nitrogen and oxygen atoms in total. The first-order chi connectivity index (χ1) is 24.6. The monoisotopic (exact) mass is 728 g/mol. The van der Waals surface area contributed by atoms with Crippen LogP contribution in [0, 0.1) is 29.1 Å². The zero-order valence-electron chi connectivity index (χ0n) is 32.3. The third-order valence-electron chi connectivity index (χ3n) is 9.92. The van der Waals surface area contributed by atoms with E-state index in [9.17, 15) is 19.5 Å². The summed E-state index contributed by atoms with van der Waals surface area (Å²) in [5, 5.41) is 13.7. The number of ether oxygens (including phenoxy) is 5. The molecule has 0 bridgehead atoms. The molecule has 1 saturated heterocycles. The van der Waals surface area contributed by atoms with E-state index in [-0.39, 0.29) is 36.6 Å². The molecule has 2 aromatic rings. The van der Waals surface area contributed by atoms with E-state index in [0.29, 0.717) is 43.3 Å². The second-order valence-corrected chi connectivity index (χ2v) is 15.0. The van der Waals surface area contributed by atoms with Gasteiger partial charge in [-0.2, -0.15) is 0 Å². The number of nitrogens with zero attached hydrogens (tertiary/aromatic N) is 2. The van der Waals surface area contributed by atoms with Gasteiger partial charge in [0, 0.05) is 38.8 Å². The van der Waals surface area contributed by atoms with Gasteiger partial charge in [-0.05, 0) is 87.6 Å². The third kappa shape index (κ3) is 11.7. The quantitative estimate of drug-likeness (QED) is 0.139. The van der Waals surface area contributed by atoms with Gasteiger partial charge in [-0.15, -0.1) is 0 Å². The Morgan fingerprint density at radius 1 is 1.04 bits per heavy atom. The number of benzene rings is 1. The van der Waals surface area contributed by atoms with Crippen LogP contribution in [0.4, 0.5) is 4.79 Å². The van der Waals surface area contributed by atoms with Gasteiger partial charge in [0.25, 0.3) is 0 Å². The summed E-state index contributed by atoms with van der Waals surface area (Å²) in [5.74, 6) is 0.565. The molecule has 290 valence electrons. The van der Waals surface area contributed by atoms with Gasteiger partial charge in [0.05, 0.1) is 37.5 Å². The molecule has 4 N–H and O–H groups in total. The first-order valence-electron chi connectivity index (χ1n) is 18.2. The number of hydrogen-bond acceptors (Lipinski definition) is 9. The Morgan fingerprint density at radius 2 is 1.77 bits per heavy atom. The molecular formula is C39H60N4O9. The van der Waals surface area contributed by atoms with Crippen LogP contribution in [0.3, 0.4) is 0 Å². The van der Waals surface area contributed by atoms with Crippen molar-refractivity contribution in [3.63, 3.8) is 0 Å². The van der Waals surface area contributed by atoms with Gasteiger partial charge in [-0.25, -0.2) is 4.79 Å². The second-order valence-electron chi connectivity index (χ2n) is 15.0. The minimum Gasteiger partial charge on any atom is -0.493 e. The topological polar surface area (TPSA) is 172 Å². The van der Waals surface area contributed by atoms with Crippen LogP contribution in [0.2, 0.25) is 0 Å². The van der Waals surface area contributed by atoms with Gasteiger partial charge in [-0.3, -0.25) is 19.5 Å². The molecule has 1 aromatic carbocycles. The number of rotatable bonds is 21. The Labute approximate surface area is 308 Å². The highest BCUT2D eigenvalue weighted by Gasteiger charge is 2.50. The number of aromatic nitrogens is 1. The molecule has 3 rings (SSSR count). The van der Waals surface area contributed by atoms with Crippen molar-refractivity contribution in [1.82, 2.24) is 15.2 Å². The highest BCUT2D eigenvalue weighted by atomic mass is 16.6. The van der Waals surface area contributed by atoms with Crippen molar-refractivity contribution in [3.8, 4) is 17.2 Å². The van der Waals surface area contributed by atoms with Crippen LogP contribution in [0.5, 0.6) is 17.2 Å². The maximum atomic E-state index is 13.7. The average Bonchev–Trinajstić information content (AvgIpc) is 3.46. The van der Waals surface area contributed by atoms with Gasteiger partial charge in [0.1, 0.15) is 11.9 Å². The van der Waals surface area contributed by atoms with E-state index in [4.69, 9.17) is 29.4 Å². The number of nitrogens with two attached hydrogens (primary N) is 1. The van der Waals surface area contributed by atoms with Crippen LogP contribution in [0.25, 0.3) is 0 Å². The first kappa shape index (κ1) is 42.3. The molecule has 1 aliphatic heterocycles. The standard InChI is InChI=1S/C39H60N4O9/c1-24(2)28(18-27-13-14-32(49-9)34(19-27)50-17-11-16-48-8)20-31-33(21-30(25(3)4)35(44)42-23-39(6,7)37(40)45)52-36(43(31)38(46)47)26(5)51-29-12-10-15-41-22-29/h10,12-15,19,22,24-26,28,30-31,33,36H,11,16-18,20-21,23H2,1-9H3,(H2,40,45)(H,42,44)(H,46,47)/t26?,28-,30+,31+,33+,36?/m1/s1. The van der Waals surface area contributed by atoms with Crippen molar-refractivity contribution in [1.29, 1.82) is 0 Å². The van der Waals surface area contributed by atoms with Crippen molar-refractivity contribution >= 4 is 17.9 Å². The zero-order chi connectivity index (χ0) is 38.6. The summed E-state index contributed by atoms with van der Waals surface area (Å²) in [5.41, 5.74) is 5.65. The Hall–Kier alpha value is -4.10. The molecule has 0 radical (unpaired) electrons. The van der Waals surface area contributed by atoms with Gasteiger partial charge in [0.2, 0.25) is 11.8 Å². The van der Waals surface area contributed by atoms with E-state index < -0.39 is 47.8 Å². The highest BCUT2D eigenvalue weighted by molar-refractivity contribution is 5.83. The van der Waals surface area contributed by atoms with E-state index in [2.05, 4.69) is 24.1 Å². The van der Waals surface area contributed by atoms with Crippen LogP contribution in [0.1, 0.15) is 73.3 Å². The number of carbonyl (C=O) groups is 3. The second kappa shape index (κ2) is 19.7. The van der Waals surface area contributed by atoms with Crippen molar-refractivity contribution in [2.24, 2.45) is 34.8 Å². The molecule has 52 heavy (non-hydrogen) atoms. The summed E-state index contributed by atoms with van der Waals surface area (Å²) in [6.07, 6.45) is 1.92. The molecule has 3 amide bonds. The molecule has 1 fully saturated rings. The molecule has 0 saturated carbocycles. The van der Waals surface area contributed by atoms with Gasteiger partial charge >= 0.3 is 6.09 Å². The normalized spacial score (nSPS) is 19.3. The largest absolute Gasteiger partial charge is 0.493 e. The SMILES string of the molecule is COCCCOc1cc(C[C@H](C[C@H]2[C@H](C[C@H](C(=O)NCC(C)(C)C(N)=O)C(C)C)OC(C(C)Oc3cccnc3)N2C(=O)O)C(C)C)ccc1OC. The fraction of sp³-hybridized carbons (Fsp3) is 0.641. The minimum atomic E-state index is -1.13. The third-order valence-corrected chi connectivity index (χ3v) is 9.92. The number of nitrogens with one attached hydrogen (secondary N) is 1. The molecule has 1 aromatic heterocycles. The van der Waals surface area contributed by atoms with Crippen LogP contribution < -0.4 is 25.3 Å². The maximum Gasteiger partial charge on any atom is 0.409 e. The lowest BCUT2D eigenvalue weighted by molar-refractivity contribution is -0.130. The predicted molar refractivity (Wildman–Crippen MR) is 197 cm³/mol. The van der Waals surface area contributed by atoms with E-state index in [1.807, 2.05) is 32.0 Å². The number of carboxylic acid groups (broad SMARTS) is 1. The average molecular weight is 729 g/mol. The minimum absolute atomic E-state index is 0.0312. The summed E-state index contributed by atoms with van der Waals surface area (Å²) in [6.45, 7) is 14.4. The van der Waals surface area contributed by atoms with Crippen LogP contribution in [-0.2, 0) is 25.5 Å². The Morgan fingerprint density at radius 3 is 2.35 bits per heavy atom. The first-order valence-corrected chi connectivity index (χ1v) is 18.2. The summed E-state index contributed by atoms with van der Waals surface area (Å²) in [4.78, 5) is 44.3. The molecule has 13 heteroatoms. The van der Waals surface area contributed by atoms with Crippen molar-refractivity contribution in [2.75, 3.05) is 34.0 Å². The molecule has 2 unspecified atom stereocenters. The molecule has 0 aliphatic carbocycles. The Balaban J connectivity index is 1.96. The Kier molecular flexibility index (Phi) is 16.0. The van der Waals surface area contributed by atoms with Crippen LogP contribution in [0.15, 0.2) is 42.7 Å². The lowest BCUT2D eigenvalue weighted by atomic mass is 9.80. The summed E-state index contributed by atoms with van der Waals surface area (Å²) < 4.78 is 29.6.